The van der Waals surface area contributed by atoms with Crippen molar-refractivity contribution in [1.29, 1.82) is 0 Å². The molecule has 0 bridgehead atoms. The molecule has 0 fully saturated rings. The number of carbonyl (C=O) groups excluding carboxylic acids is 1. The molecule has 0 aliphatic carbocycles. The van der Waals surface area contributed by atoms with Gasteiger partial charge in [-0.25, -0.2) is 0 Å². The Morgan fingerprint density at radius 1 is 1.27 bits per heavy atom. The molecule has 7 heteroatoms. The van der Waals surface area contributed by atoms with Crippen molar-refractivity contribution in [3.8, 4) is 5.75 Å². The Morgan fingerprint density at radius 2 is 2.00 bits per heavy atom. The molecule has 1 aromatic rings. The molecule has 0 spiro atoms. The molecule has 0 heterocycles. The highest BCUT2D eigenvalue weighted by atomic mass is 127. The van der Waals surface area contributed by atoms with E-state index < -0.39 is 0 Å². The molecule has 0 radical (unpaired) electrons. The summed E-state index contributed by atoms with van der Waals surface area (Å²) in [5.41, 5.74) is 1.07. The summed E-state index contributed by atoms with van der Waals surface area (Å²) in [7, 11) is 5.20. The van der Waals surface area contributed by atoms with E-state index >= 15 is 0 Å². The van der Waals surface area contributed by atoms with Crippen LogP contribution in [0.3, 0.4) is 0 Å². The third-order valence-corrected chi connectivity index (χ3v) is 3.69. The van der Waals surface area contributed by atoms with Gasteiger partial charge in [-0.3, -0.25) is 9.79 Å². The third kappa shape index (κ3) is 10.5. The monoisotopic (exact) mass is 476 g/mol. The summed E-state index contributed by atoms with van der Waals surface area (Å²) in [5.74, 6) is 2.14. The highest BCUT2D eigenvalue weighted by Gasteiger charge is 2.05. The molecule has 0 aliphatic rings. The molecule has 0 aromatic heterocycles. The van der Waals surface area contributed by atoms with Gasteiger partial charge in [0.2, 0.25) is 0 Å². The van der Waals surface area contributed by atoms with E-state index in [1.165, 1.54) is 11.3 Å². The van der Waals surface area contributed by atoms with Gasteiger partial charge in [-0.2, -0.15) is 0 Å². The molecule has 1 aromatic carbocycles. The molecular weight excluding hydrogens is 443 g/mol. The smallest absolute Gasteiger partial charge is 0.259 e. The Labute approximate surface area is 174 Å². The summed E-state index contributed by atoms with van der Waals surface area (Å²) in [6, 6.07) is 7.72. The number of aliphatic imine (C=N–C) groups is 1. The van der Waals surface area contributed by atoms with Crippen LogP contribution in [0.5, 0.6) is 5.75 Å². The molecular formula is C19H33IN4O2. The normalized spacial score (nSPS) is 10.9. The number of amides is 1. The van der Waals surface area contributed by atoms with Gasteiger partial charge < -0.3 is 20.3 Å². The lowest BCUT2D eigenvalue weighted by molar-refractivity contribution is -0.130. The van der Waals surface area contributed by atoms with Gasteiger partial charge in [-0.1, -0.05) is 26.0 Å². The fourth-order valence-corrected chi connectivity index (χ4v) is 2.14. The van der Waals surface area contributed by atoms with Crippen LogP contribution in [0.1, 0.15) is 32.3 Å². The first kappa shape index (κ1) is 24.5. The zero-order valence-corrected chi connectivity index (χ0v) is 18.9. The van der Waals surface area contributed by atoms with E-state index in [2.05, 4.69) is 29.5 Å². The minimum absolute atomic E-state index is 0. The number of nitrogens with one attached hydrogen (secondary N) is 2. The average molecular weight is 476 g/mol. The number of rotatable bonds is 9. The van der Waals surface area contributed by atoms with Crippen molar-refractivity contribution in [3.63, 3.8) is 0 Å². The first-order chi connectivity index (χ1) is 11.9. The van der Waals surface area contributed by atoms with Crippen molar-refractivity contribution in [3.05, 3.63) is 29.8 Å². The number of ether oxygens (including phenoxy) is 1. The fraction of sp³-hybridized carbons (Fsp3) is 0.579. The minimum Gasteiger partial charge on any atom is -0.484 e. The largest absolute Gasteiger partial charge is 0.484 e. The van der Waals surface area contributed by atoms with Crippen molar-refractivity contribution < 1.29 is 9.53 Å². The van der Waals surface area contributed by atoms with Crippen LogP contribution in [0.4, 0.5) is 0 Å². The molecule has 0 unspecified atom stereocenters. The van der Waals surface area contributed by atoms with E-state index in [-0.39, 0.29) is 36.5 Å². The standard InChI is InChI=1S/C19H32N4O2.HI/c1-15(2)8-7-11-21-19(20-3)22-13-16-9-6-10-17(12-16)25-14-18(24)23(4)5;/h6,9-10,12,15H,7-8,11,13-14H2,1-5H3,(H2,20,21,22);1H. The fourth-order valence-electron chi connectivity index (χ4n) is 2.14. The van der Waals surface area contributed by atoms with E-state index in [1.54, 1.807) is 21.1 Å². The van der Waals surface area contributed by atoms with E-state index in [0.29, 0.717) is 12.3 Å². The minimum atomic E-state index is -0.0606. The molecule has 6 nitrogen and oxygen atoms in total. The molecule has 0 saturated heterocycles. The van der Waals surface area contributed by atoms with Crippen LogP contribution < -0.4 is 15.4 Å². The molecule has 26 heavy (non-hydrogen) atoms. The van der Waals surface area contributed by atoms with Crippen LogP contribution in [0, 0.1) is 5.92 Å². The number of nitrogens with zero attached hydrogens (tertiary/aromatic N) is 2. The summed E-state index contributed by atoms with van der Waals surface area (Å²) in [6.45, 7) is 6.06. The number of hydrogen-bond donors (Lipinski definition) is 2. The molecule has 0 aliphatic heterocycles. The lowest BCUT2D eigenvalue weighted by Crippen LogP contribution is -2.37. The van der Waals surface area contributed by atoms with Gasteiger partial charge in [0, 0.05) is 34.2 Å². The Hall–Kier alpha value is -1.51. The van der Waals surface area contributed by atoms with Crippen LogP contribution >= 0.6 is 24.0 Å². The summed E-state index contributed by atoms with van der Waals surface area (Å²) in [5, 5.41) is 6.61. The van der Waals surface area contributed by atoms with Gasteiger partial charge in [0.05, 0.1) is 0 Å². The number of carbonyl (C=O) groups is 1. The summed E-state index contributed by atoms with van der Waals surface area (Å²) in [4.78, 5) is 17.3. The predicted molar refractivity (Wildman–Crippen MR) is 118 cm³/mol. The maximum Gasteiger partial charge on any atom is 0.259 e. The van der Waals surface area contributed by atoms with Crippen LogP contribution in [-0.4, -0.2) is 51.1 Å². The number of guanidine groups is 1. The van der Waals surface area contributed by atoms with Gasteiger partial charge >= 0.3 is 0 Å². The maximum atomic E-state index is 11.6. The van der Waals surface area contributed by atoms with Crippen LogP contribution in [0.2, 0.25) is 0 Å². The topological polar surface area (TPSA) is 66.0 Å². The Kier molecular flexibility index (Phi) is 12.9. The van der Waals surface area contributed by atoms with Crippen molar-refractivity contribution in [1.82, 2.24) is 15.5 Å². The second kappa shape index (κ2) is 13.7. The summed E-state index contributed by atoms with van der Waals surface area (Å²) in [6.07, 6.45) is 2.33. The summed E-state index contributed by atoms with van der Waals surface area (Å²) >= 11 is 0. The van der Waals surface area contributed by atoms with Crippen molar-refractivity contribution in [2.75, 3.05) is 34.3 Å². The Morgan fingerprint density at radius 3 is 2.62 bits per heavy atom. The predicted octanol–water partition coefficient (Wildman–Crippen LogP) is 2.87. The third-order valence-electron chi connectivity index (χ3n) is 3.69. The van der Waals surface area contributed by atoms with Crippen molar-refractivity contribution in [2.45, 2.75) is 33.2 Å². The zero-order chi connectivity index (χ0) is 18.7. The summed E-state index contributed by atoms with van der Waals surface area (Å²) < 4.78 is 5.54. The molecule has 1 amide bonds. The maximum absolute atomic E-state index is 11.6. The highest BCUT2D eigenvalue weighted by molar-refractivity contribution is 14.0. The van der Waals surface area contributed by atoms with Gasteiger partial charge in [0.25, 0.3) is 5.91 Å². The van der Waals surface area contributed by atoms with Crippen LogP contribution in [0.15, 0.2) is 29.3 Å². The highest BCUT2D eigenvalue weighted by Crippen LogP contribution is 2.13. The Balaban J connectivity index is 0.00000625. The quantitative estimate of drug-likeness (QED) is 0.249. The number of hydrogen-bond acceptors (Lipinski definition) is 3. The molecule has 2 N–H and O–H groups in total. The van der Waals surface area contributed by atoms with Gasteiger partial charge in [-0.15, -0.1) is 24.0 Å². The van der Waals surface area contributed by atoms with Crippen molar-refractivity contribution >= 4 is 35.8 Å². The van der Waals surface area contributed by atoms with Crippen LogP contribution in [0.25, 0.3) is 0 Å². The second-order valence-electron chi connectivity index (χ2n) is 6.61. The first-order valence-corrected chi connectivity index (χ1v) is 8.78. The van der Waals surface area contributed by atoms with Gasteiger partial charge in [0.1, 0.15) is 5.75 Å². The number of halogens is 1. The molecule has 0 saturated carbocycles. The number of likely N-dealkylation sites (N-methyl/N-ethyl adjacent to an activating group) is 1. The lowest BCUT2D eigenvalue weighted by atomic mass is 10.1. The van der Waals surface area contributed by atoms with Gasteiger partial charge in [0.15, 0.2) is 12.6 Å². The van der Waals surface area contributed by atoms with E-state index in [0.717, 1.165) is 30.4 Å². The van der Waals surface area contributed by atoms with Gasteiger partial charge in [-0.05, 0) is 36.5 Å². The SMILES string of the molecule is CN=C(NCCCC(C)C)NCc1cccc(OCC(=O)N(C)C)c1.I. The molecule has 1 rings (SSSR count). The molecule has 0 atom stereocenters. The van der Waals surface area contributed by atoms with E-state index in [1.807, 2.05) is 24.3 Å². The van der Waals surface area contributed by atoms with E-state index in [9.17, 15) is 4.79 Å². The zero-order valence-electron chi connectivity index (χ0n) is 16.5. The lowest BCUT2D eigenvalue weighted by Gasteiger charge is -2.14. The van der Waals surface area contributed by atoms with E-state index in [4.69, 9.17) is 4.74 Å². The van der Waals surface area contributed by atoms with Crippen LogP contribution in [-0.2, 0) is 11.3 Å². The average Bonchev–Trinajstić information content (AvgIpc) is 2.59. The first-order valence-electron chi connectivity index (χ1n) is 8.78. The van der Waals surface area contributed by atoms with Crippen molar-refractivity contribution in [2.24, 2.45) is 10.9 Å². The number of benzene rings is 1. The Bertz CT molecular complexity index is 562. The molecule has 148 valence electrons. The second-order valence-corrected chi connectivity index (χ2v) is 6.61.